The minimum atomic E-state index is -0.644. The summed E-state index contributed by atoms with van der Waals surface area (Å²) in [4.78, 5) is 39.8. The third kappa shape index (κ3) is 6.25. The van der Waals surface area contributed by atoms with Gasteiger partial charge in [-0.2, -0.15) is 0 Å². The molecule has 0 atom stereocenters. The molecule has 0 fully saturated rings. The Morgan fingerprint density at radius 1 is 0.921 bits per heavy atom. The molecule has 2 N–H and O–H groups in total. The van der Waals surface area contributed by atoms with Crippen molar-refractivity contribution in [3.8, 4) is 0 Å². The molecule has 190 valence electrons. The number of ether oxygens (including phenoxy) is 1. The maximum absolute atomic E-state index is 13.1. The van der Waals surface area contributed by atoms with Crippen molar-refractivity contribution in [2.75, 3.05) is 12.3 Å². The van der Waals surface area contributed by atoms with E-state index in [0.29, 0.717) is 4.34 Å². The zero-order chi connectivity index (χ0) is 26.3. The molecule has 5 aromatic rings. The minimum Gasteiger partial charge on any atom is -0.450 e. The first-order chi connectivity index (χ1) is 18.6. The van der Waals surface area contributed by atoms with Gasteiger partial charge in [0.25, 0.3) is 0 Å². The van der Waals surface area contributed by atoms with Gasteiger partial charge in [0, 0.05) is 5.38 Å². The fourth-order valence-corrected chi connectivity index (χ4v) is 5.96. The lowest BCUT2D eigenvalue weighted by Crippen LogP contribution is -2.18. The summed E-state index contributed by atoms with van der Waals surface area (Å²) >= 11 is 3.47. The smallest absolute Gasteiger partial charge is 0.347 e. The Bertz CT molecular complexity index is 1510. The van der Waals surface area contributed by atoms with E-state index in [4.69, 9.17) is 15.3 Å². The zero-order valence-electron chi connectivity index (χ0n) is 19.7. The van der Waals surface area contributed by atoms with Crippen LogP contribution in [0.4, 0.5) is 5.13 Å². The number of nitrogens with two attached hydrogens (primary N) is 1. The molecular formula is C27H20N4O4S3. The van der Waals surface area contributed by atoms with E-state index in [2.05, 4.69) is 15.1 Å². The van der Waals surface area contributed by atoms with E-state index < -0.39 is 23.8 Å². The molecule has 2 heterocycles. The highest BCUT2D eigenvalue weighted by molar-refractivity contribution is 8.16. The van der Waals surface area contributed by atoms with Gasteiger partial charge in [0.1, 0.15) is 5.69 Å². The number of hydrogen-bond acceptors (Lipinski definition) is 11. The van der Waals surface area contributed by atoms with Gasteiger partial charge in [-0.1, -0.05) is 78.0 Å². The summed E-state index contributed by atoms with van der Waals surface area (Å²) in [5.74, 6) is -0.644. The highest BCUT2D eigenvalue weighted by Crippen LogP contribution is 2.31. The number of esters is 1. The van der Waals surface area contributed by atoms with Gasteiger partial charge in [-0.25, -0.2) is 14.8 Å². The number of carbonyl (C=O) groups excluding carboxylic acids is 2. The standard InChI is InChI=1S/C27H20N4O4S3/c28-26-29-20(16-36-26)23(25(33)38-27-30-19-13-7-8-14-21(19)37-27)31-34-15-22(32)35-24(17-9-3-1-4-10-17)18-11-5-2-6-12-18/h1-14,16,24H,15H2,(H2,28,29). The van der Waals surface area contributed by atoms with Crippen LogP contribution in [0.3, 0.4) is 0 Å². The molecule has 0 spiro atoms. The van der Waals surface area contributed by atoms with Gasteiger partial charge < -0.3 is 15.3 Å². The third-order valence-corrected chi connectivity index (χ3v) is 7.85. The van der Waals surface area contributed by atoms with Crippen molar-refractivity contribution < 1.29 is 19.2 Å². The summed E-state index contributed by atoms with van der Waals surface area (Å²) in [5.41, 5.74) is 8.39. The zero-order valence-corrected chi connectivity index (χ0v) is 22.2. The first-order valence-electron chi connectivity index (χ1n) is 11.4. The van der Waals surface area contributed by atoms with Crippen molar-refractivity contribution >= 4 is 66.6 Å². The highest BCUT2D eigenvalue weighted by Gasteiger charge is 2.23. The van der Waals surface area contributed by atoms with Gasteiger partial charge in [-0.3, -0.25) is 4.79 Å². The third-order valence-electron chi connectivity index (χ3n) is 5.20. The van der Waals surface area contributed by atoms with E-state index in [1.54, 1.807) is 5.38 Å². The van der Waals surface area contributed by atoms with Crippen LogP contribution in [-0.4, -0.2) is 33.4 Å². The average molecular weight is 561 g/mol. The van der Waals surface area contributed by atoms with Crippen molar-refractivity contribution in [2.45, 2.75) is 10.4 Å². The maximum atomic E-state index is 13.1. The SMILES string of the molecule is Nc1nc(C(=NOCC(=O)OC(c2ccccc2)c2ccccc2)C(=O)Sc2nc3ccccc3s2)cs1. The monoisotopic (exact) mass is 560 g/mol. The predicted molar refractivity (Wildman–Crippen MR) is 150 cm³/mol. The fourth-order valence-electron chi connectivity index (χ4n) is 3.51. The Hall–Kier alpha value is -4.06. The number of para-hydroxylation sites is 1. The van der Waals surface area contributed by atoms with Crippen LogP contribution in [0.15, 0.2) is 99.8 Å². The second-order valence-electron chi connectivity index (χ2n) is 7.81. The minimum absolute atomic E-state index is 0.0716. The summed E-state index contributed by atoms with van der Waals surface area (Å²) in [6, 6.07) is 26.4. The number of fused-ring (bicyclic) bond motifs is 1. The van der Waals surface area contributed by atoms with Crippen LogP contribution in [-0.2, 0) is 19.2 Å². The summed E-state index contributed by atoms with van der Waals surface area (Å²) in [6.45, 7) is -0.502. The summed E-state index contributed by atoms with van der Waals surface area (Å²) in [7, 11) is 0. The Morgan fingerprint density at radius 3 is 2.21 bits per heavy atom. The predicted octanol–water partition coefficient (Wildman–Crippen LogP) is 5.71. The second kappa shape index (κ2) is 12.0. The van der Waals surface area contributed by atoms with E-state index in [9.17, 15) is 9.59 Å². The highest BCUT2D eigenvalue weighted by atomic mass is 32.2. The molecule has 0 saturated heterocycles. The molecule has 38 heavy (non-hydrogen) atoms. The number of thiazole rings is 2. The molecule has 0 aliphatic rings. The largest absolute Gasteiger partial charge is 0.450 e. The lowest BCUT2D eigenvalue weighted by Gasteiger charge is -2.18. The number of anilines is 1. The Labute approximate surface area is 230 Å². The van der Waals surface area contributed by atoms with Crippen LogP contribution >= 0.6 is 34.4 Å². The maximum Gasteiger partial charge on any atom is 0.347 e. The molecule has 0 unspecified atom stereocenters. The van der Waals surface area contributed by atoms with Crippen LogP contribution < -0.4 is 5.73 Å². The number of rotatable bonds is 9. The normalized spacial score (nSPS) is 11.6. The van der Waals surface area contributed by atoms with E-state index >= 15 is 0 Å². The molecule has 0 aliphatic heterocycles. The average Bonchev–Trinajstić information content (AvgIpc) is 3.56. The van der Waals surface area contributed by atoms with Crippen LogP contribution in [0.2, 0.25) is 0 Å². The van der Waals surface area contributed by atoms with Crippen molar-refractivity contribution in [1.29, 1.82) is 0 Å². The summed E-state index contributed by atoms with van der Waals surface area (Å²) in [5, 5.41) is 5.41. The molecule has 0 aliphatic carbocycles. The quantitative estimate of drug-likeness (QED) is 0.105. The number of carbonyl (C=O) groups is 2. The van der Waals surface area contributed by atoms with E-state index in [0.717, 1.165) is 33.1 Å². The molecule has 3 aromatic carbocycles. The summed E-state index contributed by atoms with van der Waals surface area (Å²) in [6.07, 6.45) is -0.619. The van der Waals surface area contributed by atoms with Crippen molar-refractivity contribution in [3.63, 3.8) is 0 Å². The molecule has 0 bridgehead atoms. The van der Waals surface area contributed by atoms with Gasteiger partial charge in [0.2, 0.25) is 11.7 Å². The van der Waals surface area contributed by atoms with Gasteiger partial charge in [0.05, 0.1) is 10.2 Å². The topological polar surface area (TPSA) is 117 Å². The number of nitrogen functional groups attached to an aromatic ring is 1. The van der Waals surface area contributed by atoms with Gasteiger partial charge in [-0.05, 0) is 35.0 Å². The number of oxime groups is 1. The lowest BCUT2D eigenvalue weighted by atomic mass is 10.0. The van der Waals surface area contributed by atoms with Crippen molar-refractivity contribution in [2.24, 2.45) is 5.16 Å². The number of benzene rings is 3. The van der Waals surface area contributed by atoms with Crippen molar-refractivity contribution in [1.82, 2.24) is 9.97 Å². The summed E-state index contributed by atoms with van der Waals surface area (Å²) < 4.78 is 7.26. The van der Waals surface area contributed by atoms with E-state index in [1.807, 2.05) is 84.9 Å². The Morgan fingerprint density at radius 2 is 1.58 bits per heavy atom. The Kier molecular flexibility index (Phi) is 8.07. The number of aromatic nitrogens is 2. The first kappa shape index (κ1) is 25.6. The first-order valence-corrected chi connectivity index (χ1v) is 13.9. The molecular weight excluding hydrogens is 541 g/mol. The number of thioether (sulfide) groups is 1. The molecule has 0 radical (unpaired) electrons. The molecule has 0 amide bonds. The molecule has 0 saturated carbocycles. The second-order valence-corrected chi connectivity index (χ2v) is 11.0. The molecule has 5 rings (SSSR count). The van der Waals surface area contributed by atoms with Crippen LogP contribution in [0.25, 0.3) is 10.2 Å². The van der Waals surface area contributed by atoms with Crippen LogP contribution in [0.1, 0.15) is 22.9 Å². The van der Waals surface area contributed by atoms with Crippen molar-refractivity contribution in [3.05, 3.63) is 107 Å². The fraction of sp³-hybridized carbons (Fsp3) is 0.0741. The molecule has 11 heteroatoms. The van der Waals surface area contributed by atoms with Gasteiger partial charge >= 0.3 is 5.97 Å². The van der Waals surface area contributed by atoms with E-state index in [-0.39, 0.29) is 16.5 Å². The number of hydrogen-bond donors (Lipinski definition) is 1. The van der Waals surface area contributed by atoms with E-state index in [1.165, 1.54) is 22.7 Å². The van der Waals surface area contributed by atoms with Crippen LogP contribution in [0, 0.1) is 0 Å². The van der Waals surface area contributed by atoms with Gasteiger partial charge in [-0.15, -0.1) is 22.7 Å². The lowest BCUT2D eigenvalue weighted by molar-refractivity contribution is -0.153. The molecule has 2 aromatic heterocycles. The number of nitrogens with zero attached hydrogens (tertiary/aromatic N) is 3. The Balaban J connectivity index is 1.30. The van der Waals surface area contributed by atoms with Gasteiger partial charge in [0.15, 0.2) is 21.3 Å². The molecule has 8 nitrogen and oxygen atoms in total. The van der Waals surface area contributed by atoms with Crippen LogP contribution in [0.5, 0.6) is 0 Å².